The van der Waals surface area contributed by atoms with Crippen LogP contribution < -0.4 is 0 Å². The Balaban J connectivity index is 2.71. The molecule has 1 aromatic rings. The fraction of sp³-hybridized carbons (Fsp3) is 0.100. The summed E-state index contributed by atoms with van der Waals surface area (Å²) in [6.45, 7) is 2.09. The Labute approximate surface area is 65.8 Å². The highest BCUT2D eigenvalue weighted by atomic mass is 14.7. The lowest BCUT2D eigenvalue weighted by molar-refractivity contribution is 1.36. The number of fused-ring (bicyclic) bond motifs is 1. The highest BCUT2D eigenvalue weighted by Gasteiger charge is 2.01. The van der Waals surface area contributed by atoms with Gasteiger partial charge < -0.3 is 4.98 Å². The quantitative estimate of drug-likeness (QED) is 0.537. The molecule has 0 aliphatic heterocycles. The van der Waals surface area contributed by atoms with Crippen LogP contribution in [-0.2, 0) is 0 Å². The van der Waals surface area contributed by atoms with Gasteiger partial charge in [0.05, 0.1) is 0 Å². The Morgan fingerprint density at radius 1 is 1.45 bits per heavy atom. The van der Waals surface area contributed by atoms with Crippen LogP contribution in [0.1, 0.15) is 16.8 Å². The number of H-pyrrole nitrogens is 1. The minimum atomic E-state index is 1.17. The standard InChI is InChI=1S/C10H9N/c1-8-7-11-10-6-4-2-3-5-9(8)10/h2,4-7,11H,1H3. The lowest BCUT2D eigenvalue weighted by atomic mass is 10.1. The largest absolute Gasteiger partial charge is 0.361 e. The smallest absolute Gasteiger partial charge is 0.0463 e. The molecule has 1 N–H and O–H groups in total. The normalized spacial score (nSPS) is 13.2. The van der Waals surface area contributed by atoms with E-state index in [4.69, 9.17) is 0 Å². The number of aromatic nitrogens is 1. The summed E-state index contributed by atoms with van der Waals surface area (Å²) < 4.78 is 0. The third-order valence-corrected chi connectivity index (χ3v) is 1.84. The molecule has 1 nitrogen and oxygen atoms in total. The van der Waals surface area contributed by atoms with E-state index in [-0.39, 0.29) is 0 Å². The van der Waals surface area contributed by atoms with E-state index < -0.39 is 0 Å². The van der Waals surface area contributed by atoms with E-state index in [1.165, 1.54) is 16.8 Å². The van der Waals surface area contributed by atoms with E-state index in [0.717, 1.165) is 0 Å². The number of rotatable bonds is 0. The first-order valence-electron chi connectivity index (χ1n) is 3.65. The summed E-state index contributed by atoms with van der Waals surface area (Å²) in [7, 11) is 0. The summed E-state index contributed by atoms with van der Waals surface area (Å²) >= 11 is 0. The van der Waals surface area contributed by atoms with Crippen LogP contribution in [0.15, 0.2) is 24.1 Å². The molecule has 0 fully saturated rings. The van der Waals surface area contributed by atoms with Gasteiger partial charge in [-0.15, -0.1) is 5.73 Å². The van der Waals surface area contributed by atoms with Crippen molar-refractivity contribution in [2.75, 3.05) is 0 Å². The molecule has 0 saturated carbocycles. The summed E-state index contributed by atoms with van der Waals surface area (Å²) in [6, 6.07) is 0. The zero-order valence-electron chi connectivity index (χ0n) is 6.39. The molecule has 0 saturated heterocycles. The molecule has 0 aromatic carbocycles. The molecule has 2 rings (SSSR count). The second-order valence-corrected chi connectivity index (χ2v) is 2.64. The number of allylic oxidation sites excluding steroid dienone is 2. The van der Waals surface area contributed by atoms with E-state index in [9.17, 15) is 0 Å². The van der Waals surface area contributed by atoms with Crippen molar-refractivity contribution in [2.45, 2.75) is 6.92 Å². The van der Waals surface area contributed by atoms with Gasteiger partial charge in [0.25, 0.3) is 0 Å². The first kappa shape index (κ1) is 6.26. The van der Waals surface area contributed by atoms with Crippen LogP contribution in [0, 0.1) is 6.92 Å². The van der Waals surface area contributed by atoms with Gasteiger partial charge in [-0.05, 0) is 30.7 Å². The summed E-state index contributed by atoms with van der Waals surface area (Å²) in [5.74, 6) is 0. The van der Waals surface area contributed by atoms with Gasteiger partial charge in [-0.1, -0.05) is 6.08 Å². The van der Waals surface area contributed by atoms with Crippen LogP contribution >= 0.6 is 0 Å². The van der Waals surface area contributed by atoms with E-state index in [1.807, 2.05) is 24.4 Å². The summed E-state index contributed by atoms with van der Waals surface area (Å²) in [6.07, 6.45) is 9.96. The second-order valence-electron chi connectivity index (χ2n) is 2.64. The van der Waals surface area contributed by atoms with Gasteiger partial charge >= 0.3 is 0 Å². The molecule has 1 heteroatoms. The number of nitrogens with one attached hydrogen (secondary N) is 1. The third kappa shape index (κ3) is 0.957. The van der Waals surface area contributed by atoms with Crippen LogP contribution in [0.5, 0.6) is 0 Å². The van der Waals surface area contributed by atoms with Crippen LogP contribution in [0.3, 0.4) is 0 Å². The average molecular weight is 143 g/mol. The molecule has 11 heavy (non-hydrogen) atoms. The third-order valence-electron chi connectivity index (χ3n) is 1.84. The first-order chi connectivity index (χ1) is 5.38. The van der Waals surface area contributed by atoms with Crippen LogP contribution in [0.2, 0.25) is 0 Å². The van der Waals surface area contributed by atoms with Crippen molar-refractivity contribution in [3.8, 4) is 0 Å². The molecule has 0 radical (unpaired) electrons. The Bertz CT molecular complexity index is 360. The number of aromatic amines is 1. The highest BCUT2D eigenvalue weighted by molar-refractivity contribution is 5.67. The molecule has 1 aromatic heterocycles. The van der Waals surface area contributed by atoms with Gasteiger partial charge in [-0.2, -0.15) is 0 Å². The van der Waals surface area contributed by atoms with Crippen molar-refractivity contribution in [3.63, 3.8) is 0 Å². The maximum atomic E-state index is 3.19. The Morgan fingerprint density at radius 2 is 2.36 bits per heavy atom. The first-order valence-corrected chi connectivity index (χ1v) is 3.65. The Hall–Kier alpha value is -1.46. The molecule has 1 aliphatic carbocycles. The maximum absolute atomic E-state index is 3.19. The molecule has 0 amide bonds. The van der Waals surface area contributed by atoms with Crippen molar-refractivity contribution in [2.24, 2.45) is 0 Å². The van der Waals surface area contributed by atoms with E-state index in [0.29, 0.717) is 0 Å². The lowest BCUT2D eigenvalue weighted by Crippen LogP contribution is -1.74. The van der Waals surface area contributed by atoms with Crippen molar-refractivity contribution in [3.05, 3.63) is 40.9 Å². The summed E-state index contributed by atoms with van der Waals surface area (Å²) in [5.41, 5.74) is 6.76. The monoisotopic (exact) mass is 143 g/mol. The molecule has 0 unspecified atom stereocenters. The molecule has 1 aliphatic rings. The van der Waals surface area contributed by atoms with Gasteiger partial charge in [0.15, 0.2) is 0 Å². The van der Waals surface area contributed by atoms with Crippen molar-refractivity contribution >= 4 is 12.2 Å². The fourth-order valence-electron chi connectivity index (χ4n) is 1.21. The topological polar surface area (TPSA) is 15.8 Å². The van der Waals surface area contributed by atoms with Gasteiger partial charge in [-0.25, -0.2) is 0 Å². The molecule has 0 atom stereocenters. The molecule has 0 spiro atoms. The van der Waals surface area contributed by atoms with Crippen LogP contribution in [0.25, 0.3) is 12.2 Å². The van der Waals surface area contributed by atoms with E-state index in [2.05, 4.69) is 23.7 Å². The van der Waals surface area contributed by atoms with Gasteiger partial charge in [0.2, 0.25) is 0 Å². The lowest BCUT2D eigenvalue weighted by Gasteiger charge is -1.89. The average Bonchev–Trinajstić information content (AvgIpc) is 2.25. The minimum absolute atomic E-state index is 1.17. The number of hydrogen-bond donors (Lipinski definition) is 1. The van der Waals surface area contributed by atoms with Gasteiger partial charge in [-0.3, -0.25) is 0 Å². The predicted molar refractivity (Wildman–Crippen MR) is 47.1 cm³/mol. The zero-order chi connectivity index (χ0) is 7.68. The SMILES string of the molecule is Cc1c[nH]c2c1C=C=CC=C2. The van der Waals surface area contributed by atoms with Crippen molar-refractivity contribution in [1.29, 1.82) is 0 Å². The Morgan fingerprint density at radius 3 is 3.27 bits per heavy atom. The highest BCUT2D eigenvalue weighted by Crippen LogP contribution is 2.17. The zero-order valence-corrected chi connectivity index (χ0v) is 6.39. The molecule has 54 valence electrons. The second kappa shape index (κ2) is 2.30. The minimum Gasteiger partial charge on any atom is -0.361 e. The molecule has 1 heterocycles. The van der Waals surface area contributed by atoms with Gasteiger partial charge in [0, 0.05) is 17.5 Å². The van der Waals surface area contributed by atoms with Crippen LogP contribution in [0.4, 0.5) is 0 Å². The fourth-order valence-corrected chi connectivity index (χ4v) is 1.21. The van der Waals surface area contributed by atoms with E-state index >= 15 is 0 Å². The molecular formula is C10H9N. The number of aryl methyl sites for hydroxylation is 1. The molecule has 0 bridgehead atoms. The number of hydrogen-bond acceptors (Lipinski definition) is 0. The predicted octanol–water partition coefficient (Wildman–Crippen LogP) is 2.52. The molecular weight excluding hydrogens is 134 g/mol. The van der Waals surface area contributed by atoms with E-state index in [1.54, 1.807) is 0 Å². The Kier molecular flexibility index (Phi) is 1.31. The van der Waals surface area contributed by atoms with Gasteiger partial charge in [0.1, 0.15) is 0 Å². The van der Waals surface area contributed by atoms with Crippen LogP contribution in [-0.4, -0.2) is 4.98 Å². The van der Waals surface area contributed by atoms with Crippen molar-refractivity contribution in [1.82, 2.24) is 4.98 Å². The maximum Gasteiger partial charge on any atom is 0.0463 e. The summed E-state index contributed by atoms with van der Waals surface area (Å²) in [5, 5.41) is 0. The van der Waals surface area contributed by atoms with Crippen molar-refractivity contribution < 1.29 is 0 Å². The summed E-state index contributed by atoms with van der Waals surface area (Å²) in [4.78, 5) is 3.19.